The maximum atomic E-state index is 12.7. The molecule has 1 saturated heterocycles. The number of nitrogens with zero attached hydrogens (tertiary/aromatic N) is 1. The van der Waals surface area contributed by atoms with Crippen molar-refractivity contribution in [2.24, 2.45) is 5.73 Å². The van der Waals surface area contributed by atoms with Gasteiger partial charge >= 0.3 is 12.0 Å². The third-order valence-corrected chi connectivity index (χ3v) is 4.21. The van der Waals surface area contributed by atoms with Gasteiger partial charge in [-0.1, -0.05) is 12.1 Å². The maximum absolute atomic E-state index is 12.7. The SMILES string of the molecule is COC(=O)c1ccc(CN2C(=O)N/C(=C/c3cccc(OC)c3OCC(N)=O)C2=O)o1. The number of carbonyl (C=O) groups excluding carboxylic acids is 4. The molecule has 3 N–H and O–H groups in total. The summed E-state index contributed by atoms with van der Waals surface area (Å²) in [5, 5.41) is 2.47. The molecule has 0 spiro atoms. The Kier molecular flexibility index (Phi) is 6.24. The van der Waals surface area contributed by atoms with Crippen molar-refractivity contribution in [2.75, 3.05) is 20.8 Å². The van der Waals surface area contributed by atoms with Gasteiger partial charge in [0, 0.05) is 5.56 Å². The first-order chi connectivity index (χ1) is 14.8. The number of para-hydroxylation sites is 1. The van der Waals surface area contributed by atoms with Gasteiger partial charge in [-0.2, -0.15) is 0 Å². The van der Waals surface area contributed by atoms with Gasteiger partial charge in [0.25, 0.3) is 11.8 Å². The van der Waals surface area contributed by atoms with Crippen LogP contribution in [0, 0.1) is 0 Å². The van der Waals surface area contributed by atoms with Crippen LogP contribution in [0.15, 0.2) is 40.4 Å². The normalized spacial score (nSPS) is 14.5. The molecule has 0 unspecified atom stereocenters. The molecule has 162 valence electrons. The topological polar surface area (TPSA) is 150 Å². The fraction of sp³-hybridized carbons (Fsp3) is 0.200. The van der Waals surface area contributed by atoms with Crippen molar-refractivity contribution >= 4 is 29.9 Å². The number of amides is 4. The molecule has 11 heteroatoms. The van der Waals surface area contributed by atoms with E-state index in [0.29, 0.717) is 11.3 Å². The molecule has 1 aliphatic rings. The van der Waals surface area contributed by atoms with E-state index in [2.05, 4.69) is 10.1 Å². The molecule has 31 heavy (non-hydrogen) atoms. The number of carbonyl (C=O) groups is 4. The molecule has 0 bridgehead atoms. The van der Waals surface area contributed by atoms with Crippen LogP contribution in [0.4, 0.5) is 4.79 Å². The molecule has 0 radical (unpaired) electrons. The molecule has 11 nitrogen and oxygen atoms in total. The van der Waals surface area contributed by atoms with E-state index in [9.17, 15) is 19.2 Å². The summed E-state index contributed by atoms with van der Waals surface area (Å²) in [5.74, 6) is -1.31. The van der Waals surface area contributed by atoms with Gasteiger partial charge in [0.05, 0.1) is 20.8 Å². The molecule has 1 aromatic heterocycles. The number of methoxy groups -OCH3 is 2. The van der Waals surface area contributed by atoms with Crippen molar-refractivity contribution in [1.29, 1.82) is 0 Å². The number of urea groups is 1. The monoisotopic (exact) mass is 429 g/mol. The second kappa shape index (κ2) is 9.03. The summed E-state index contributed by atoms with van der Waals surface area (Å²) in [6.45, 7) is -0.591. The van der Waals surface area contributed by atoms with E-state index in [4.69, 9.17) is 19.6 Å². The van der Waals surface area contributed by atoms with Gasteiger partial charge in [0.2, 0.25) is 5.76 Å². The second-order valence-electron chi connectivity index (χ2n) is 6.27. The fourth-order valence-electron chi connectivity index (χ4n) is 2.80. The lowest BCUT2D eigenvalue weighted by Crippen LogP contribution is -2.30. The number of furan rings is 1. The number of hydrogen-bond acceptors (Lipinski definition) is 8. The van der Waals surface area contributed by atoms with Crippen molar-refractivity contribution < 1.29 is 37.8 Å². The van der Waals surface area contributed by atoms with E-state index in [1.165, 1.54) is 32.4 Å². The van der Waals surface area contributed by atoms with Gasteiger partial charge in [-0.3, -0.25) is 14.5 Å². The van der Waals surface area contributed by atoms with Crippen LogP contribution in [-0.2, 0) is 20.9 Å². The number of esters is 1. The molecular weight excluding hydrogens is 410 g/mol. The van der Waals surface area contributed by atoms with Crippen molar-refractivity contribution in [1.82, 2.24) is 10.2 Å². The number of rotatable bonds is 8. The lowest BCUT2D eigenvalue weighted by Gasteiger charge is -2.12. The van der Waals surface area contributed by atoms with Crippen molar-refractivity contribution in [2.45, 2.75) is 6.54 Å². The zero-order chi connectivity index (χ0) is 22.5. The van der Waals surface area contributed by atoms with Gasteiger partial charge in [0.15, 0.2) is 18.1 Å². The molecule has 0 saturated carbocycles. The highest BCUT2D eigenvalue weighted by molar-refractivity contribution is 6.14. The summed E-state index contributed by atoms with van der Waals surface area (Å²) >= 11 is 0. The van der Waals surface area contributed by atoms with E-state index in [1.807, 2.05) is 0 Å². The summed E-state index contributed by atoms with van der Waals surface area (Å²) < 4.78 is 20.5. The largest absolute Gasteiger partial charge is 0.493 e. The average molecular weight is 429 g/mol. The van der Waals surface area contributed by atoms with E-state index in [0.717, 1.165) is 4.90 Å². The van der Waals surface area contributed by atoms with Gasteiger partial charge < -0.3 is 29.7 Å². The van der Waals surface area contributed by atoms with Crippen LogP contribution >= 0.6 is 0 Å². The zero-order valence-electron chi connectivity index (χ0n) is 16.7. The first-order valence-electron chi connectivity index (χ1n) is 8.93. The second-order valence-corrected chi connectivity index (χ2v) is 6.27. The van der Waals surface area contributed by atoms with Crippen molar-refractivity contribution in [3.8, 4) is 11.5 Å². The van der Waals surface area contributed by atoms with Gasteiger partial charge in [-0.25, -0.2) is 9.59 Å². The Hall–Kier alpha value is -4.28. The third-order valence-electron chi connectivity index (χ3n) is 4.21. The average Bonchev–Trinajstić information content (AvgIpc) is 3.32. The summed E-state index contributed by atoms with van der Waals surface area (Å²) in [5.41, 5.74) is 5.49. The third kappa shape index (κ3) is 4.66. The Morgan fingerprint density at radius 1 is 1.19 bits per heavy atom. The summed E-state index contributed by atoms with van der Waals surface area (Å²) in [6, 6.07) is 7.05. The highest BCUT2D eigenvalue weighted by Gasteiger charge is 2.34. The summed E-state index contributed by atoms with van der Waals surface area (Å²) in [6.07, 6.45) is 1.39. The minimum absolute atomic E-state index is 0.0260. The number of nitrogens with one attached hydrogen (secondary N) is 1. The van der Waals surface area contributed by atoms with Crippen LogP contribution < -0.4 is 20.5 Å². The minimum Gasteiger partial charge on any atom is -0.493 e. The molecule has 0 aliphatic carbocycles. The van der Waals surface area contributed by atoms with Gasteiger partial charge in [-0.15, -0.1) is 0 Å². The smallest absolute Gasteiger partial charge is 0.373 e. The van der Waals surface area contributed by atoms with E-state index >= 15 is 0 Å². The van der Waals surface area contributed by atoms with Crippen LogP contribution in [-0.4, -0.2) is 49.5 Å². The molecule has 2 aromatic rings. The Morgan fingerprint density at radius 2 is 1.97 bits per heavy atom. The fourth-order valence-corrected chi connectivity index (χ4v) is 2.80. The maximum Gasteiger partial charge on any atom is 0.373 e. The van der Waals surface area contributed by atoms with E-state index < -0.39 is 30.4 Å². The van der Waals surface area contributed by atoms with Crippen molar-refractivity contribution in [3.05, 3.63) is 53.1 Å². The van der Waals surface area contributed by atoms with Crippen LogP contribution in [0.3, 0.4) is 0 Å². The summed E-state index contributed by atoms with van der Waals surface area (Å²) in [4.78, 5) is 48.6. The molecule has 1 fully saturated rings. The van der Waals surface area contributed by atoms with Gasteiger partial charge in [0.1, 0.15) is 11.5 Å². The lowest BCUT2D eigenvalue weighted by molar-refractivity contribution is -0.123. The number of primary amides is 1. The highest BCUT2D eigenvalue weighted by atomic mass is 16.5. The highest BCUT2D eigenvalue weighted by Crippen LogP contribution is 2.33. The van der Waals surface area contributed by atoms with Crippen LogP contribution in [0.1, 0.15) is 21.9 Å². The quantitative estimate of drug-likeness (QED) is 0.359. The Labute approximate surface area is 176 Å². The van der Waals surface area contributed by atoms with Crippen LogP contribution in [0.25, 0.3) is 6.08 Å². The number of nitrogens with two attached hydrogens (primary N) is 1. The Morgan fingerprint density at radius 3 is 2.65 bits per heavy atom. The van der Waals surface area contributed by atoms with Crippen LogP contribution in [0.5, 0.6) is 11.5 Å². The number of imide groups is 1. The summed E-state index contributed by atoms with van der Waals surface area (Å²) in [7, 11) is 2.62. The molecule has 3 rings (SSSR count). The predicted octanol–water partition coefficient (Wildman–Crippen LogP) is 1.03. The Bertz CT molecular complexity index is 1070. The van der Waals surface area contributed by atoms with Gasteiger partial charge in [-0.05, 0) is 24.3 Å². The number of hydrogen-bond donors (Lipinski definition) is 2. The first-order valence-corrected chi connectivity index (χ1v) is 8.93. The first kappa shape index (κ1) is 21.4. The number of ether oxygens (including phenoxy) is 3. The lowest BCUT2D eigenvalue weighted by atomic mass is 10.1. The zero-order valence-corrected chi connectivity index (χ0v) is 16.7. The van der Waals surface area contributed by atoms with Crippen LogP contribution in [0.2, 0.25) is 0 Å². The molecule has 1 aliphatic heterocycles. The van der Waals surface area contributed by atoms with E-state index in [1.54, 1.807) is 18.2 Å². The molecule has 2 heterocycles. The molecular formula is C20H19N3O8. The van der Waals surface area contributed by atoms with Crippen molar-refractivity contribution in [3.63, 3.8) is 0 Å². The Balaban J connectivity index is 1.84. The number of benzene rings is 1. The molecule has 0 atom stereocenters. The predicted molar refractivity (Wildman–Crippen MR) is 105 cm³/mol. The molecule has 1 aromatic carbocycles. The molecule has 4 amide bonds. The van der Waals surface area contributed by atoms with E-state index in [-0.39, 0.29) is 29.5 Å². The standard InChI is InChI=1S/C20H19N3O8/c1-28-14-5-3-4-11(17(14)30-10-16(21)24)8-13-18(25)23(20(27)22-13)9-12-6-7-15(31-12)19(26)29-2/h3-8H,9-10H2,1-2H3,(H2,21,24)(H,22,27)/b13-8+. The minimum atomic E-state index is -0.689.